The van der Waals surface area contributed by atoms with Gasteiger partial charge in [0.1, 0.15) is 5.69 Å². The third-order valence-electron chi connectivity index (χ3n) is 3.09. The molecule has 0 aliphatic heterocycles. The molecule has 0 saturated heterocycles. The molecule has 2 heterocycles. The Hall–Kier alpha value is -3.26. The number of aromatic nitrogens is 2. The van der Waals surface area contributed by atoms with Crippen LogP contribution in [0.4, 0.5) is 22.2 Å². The van der Waals surface area contributed by atoms with Gasteiger partial charge in [0.25, 0.3) is 5.91 Å². The number of carbonyl (C=O) groups is 2. The second-order valence-corrected chi connectivity index (χ2v) is 5.98. The molecular weight excluding hydrogens is 338 g/mol. The van der Waals surface area contributed by atoms with E-state index < -0.39 is 0 Å². The van der Waals surface area contributed by atoms with Crippen LogP contribution in [0, 0.1) is 0 Å². The molecule has 0 aliphatic carbocycles. The van der Waals surface area contributed by atoms with Gasteiger partial charge in [0, 0.05) is 29.9 Å². The van der Waals surface area contributed by atoms with Gasteiger partial charge in [-0.25, -0.2) is 4.98 Å². The van der Waals surface area contributed by atoms with Crippen LogP contribution in [0.15, 0.2) is 54.2 Å². The van der Waals surface area contributed by atoms with Crippen LogP contribution in [0.25, 0.3) is 0 Å². The van der Waals surface area contributed by atoms with E-state index in [0.29, 0.717) is 22.2 Å². The lowest BCUT2D eigenvalue weighted by molar-refractivity contribution is -0.114. The maximum Gasteiger partial charge on any atom is 0.275 e. The van der Waals surface area contributed by atoms with Gasteiger partial charge in [-0.05, 0) is 30.3 Å². The molecule has 0 spiro atoms. The molecule has 126 valence electrons. The minimum atomic E-state index is -0.324. The summed E-state index contributed by atoms with van der Waals surface area (Å²) in [4.78, 5) is 31.7. The first-order valence-electron chi connectivity index (χ1n) is 7.42. The minimum absolute atomic E-state index is 0.172. The highest BCUT2D eigenvalue weighted by atomic mass is 32.1. The monoisotopic (exact) mass is 353 g/mol. The zero-order chi connectivity index (χ0) is 17.6. The van der Waals surface area contributed by atoms with Crippen molar-refractivity contribution in [2.75, 3.05) is 16.0 Å². The summed E-state index contributed by atoms with van der Waals surface area (Å²) in [6.45, 7) is 1.43. The first-order valence-corrected chi connectivity index (χ1v) is 8.30. The van der Waals surface area contributed by atoms with E-state index in [9.17, 15) is 9.59 Å². The summed E-state index contributed by atoms with van der Waals surface area (Å²) in [5.41, 5.74) is 2.29. The molecule has 7 nitrogen and oxygen atoms in total. The largest absolute Gasteiger partial charge is 0.330 e. The molecule has 3 N–H and O–H groups in total. The van der Waals surface area contributed by atoms with Crippen LogP contribution in [0.5, 0.6) is 0 Å². The Morgan fingerprint density at radius 2 is 1.80 bits per heavy atom. The van der Waals surface area contributed by atoms with Gasteiger partial charge in [0.2, 0.25) is 5.91 Å². The van der Waals surface area contributed by atoms with Gasteiger partial charge in [-0.3, -0.25) is 14.6 Å². The van der Waals surface area contributed by atoms with Crippen molar-refractivity contribution in [1.29, 1.82) is 0 Å². The molecule has 2 aromatic heterocycles. The molecule has 0 aliphatic rings. The molecule has 3 rings (SSSR count). The third-order valence-corrected chi connectivity index (χ3v) is 3.85. The van der Waals surface area contributed by atoms with Gasteiger partial charge in [0.15, 0.2) is 5.13 Å². The van der Waals surface area contributed by atoms with Crippen LogP contribution < -0.4 is 16.0 Å². The van der Waals surface area contributed by atoms with Crippen molar-refractivity contribution in [3.63, 3.8) is 0 Å². The number of benzene rings is 1. The number of carbonyl (C=O) groups excluding carboxylic acids is 2. The number of rotatable bonds is 5. The van der Waals surface area contributed by atoms with Crippen LogP contribution in [-0.4, -0.2) is 21.8 Å². The summed E-state index contributed by atoms with van der Waals surface area (Å²) in [6, 6.07) is 10.6. The van der Waals surface area contributed by atoms with Crippen molar-refractivity contribution < 1.29 is 9.59 Å². The highest BCUT2D eigenvalue weighted by Gasteiger charge is 2.11. The minimum Gasteiger partial charge on any atom is -0.330 e. The molecule has 0 unspecified atom stereocenters. The summed E-state index contributed by atoms with van der Waals surface area (Å²) in [5, 5.41) is 10.8. The van der Waals surface area contributed by atoms with Gasteiger partial charge in [-0.2, -0.15) is 0 Å². The SMILES string of the molecule is CC(=O)Nc1cccc(NC(=O)c2csc(Nc3cccnc3)n2)c1. The molecule has 0 atom stereocenters. The normalized spacial score (nSPS) is 10.1. The quantitative estimate of drug-likeness (QED) is 0.652. The molecule has 1 aromatic carbocycles. The number of hydrogen-bond donors (Lipinski definition) is 3. The Morgan fingerprint density at radius 1 is 1.04 bits per heavy atom. The summed E-state index contributed by atoms with van der Waals surface area (Å²) in [5.74, 6) is -0.496. The van der Waals surface area contributed by atoms with E-state index in [1.807, 2.05) is 12.1 Å². The van der Waals surface area contributed by atoms with E-state index in [-0.39, 0.29) is 11.8 Å². The zero-order valence-electron chi connectivity index (χ0n) is 13.3. The van der Waals surface area contributed by atoms with Gasteiger partial charge >= 0.3 is 0 Å². The standard InChI is InChI=1S/C17H15N5O2S/c1-11(23)19-12-4-2-5-13(8-12)20-16(24)15-10-25-17(22-15)21-14-6-3-7-18-9-14/h2-10H,1H3,(H,19,23)(H,20,24)(H,21,22). The van der Waals surface area contributed by atoms with Crippen LogP contribution >= 0.6 is 11.3 Å². The second-order valence-electron chi connectivity index (χ2n) is 5.12. The van der Waals surface area contributed by atoms with Gasteiger partial charge < -0.3 is 16.0 Å². The highest BCUT2D eigenvalue weighted by molar-refractivity contribution is 7.14. The summed E-state index contributed by atoms with van der Waals surface area (Å²) >= 11 is 1.33. The molecule has 25 heavy (non-hydrogen) atoms. The second kappa shape index (κ2) is 7.54. The van der Waals surface area contributed by atoms with E-state index in [1.54, 1.807) is 42.0 Å². The number of nitrogens with one attached hydrogen (secondary N) is 3. The first-order chi connectivity index (χ1) is 12.1. The number of pyridine rings is 1. The molecular formula is C17H15N5O2S. The fourth-order valence-electron chi connectivity index (χ4n) is 2.07. The molecule has 0 bridgehead atoms. The Morgan fingerprint density at radius 3 is 2.52 bits per heavy atom. The van der Waals surface area contributed by atoms with Crippen LogP contribution in [-0.2, 0) is 4.79 Å². The summed E-state index contributed by atoms with van der Waals surface area (Å²) in [7, 11) is 0. The van der Waals surface area contributed by atoms with Gasteiger partial charge in [-0.1, -0.05) is 6.07 Å². The lowest BCUT2D eigenvalue weighted by atomic mass is 10.2. The lowest BCUT2D eigenvalue weighted by Crippen LogP contribution is -2.13. The van der Waals surface area contributed by atoms with E-state index in [0.717, 1.165) is 5.69 Å². The van der Waals surface area contributed by atoms with E-state index >= 15 is 0 Å². The Bertz CT molecular complexity index is 895. The van der Waals surface area contributed by atoms with Crippen molar-refractivity contribution in [2.45, 2.75) is 6.92 Å². The van der Waals surface area contributed by atoms with Gasteiger partial charge in [0.05, 0.1) is 11.9 Å². The average molecular weight is 353 g/mol. The molecule has 2 amide bonds. The van der Waals surface area contributed by atoms with Crippen LogP contribution in [0.3, 0.4) is 0 Å². The molecule has 0 fully saturated rings. The van der Waals surface area contributed by atoms with Crippen molar-refractivity contribution in [3.05, 3.63) is 59.9 Å². The summed E-state index contributed by atoms with van der Waals surface area (Å²) in [6.07, 6.45) is 3.36. The predicted octanol–water partition coefficient (Wildman–Crippen LogP) is 3.49. The smallest absolute Gasteiger partial charge is 0.275 e. The van der Waals surface area contributed by atoms with E-state index in [1.165, 1.54) is 18.3 Å². The number of hydrogen-bond acceptors (Lipinski definition) is 6. The maximum absolute atomic E-state index is 12.3. The van der Waals surface area contributed by atoms with E-state index in [2.05, 4.69) is 25.9 Å². The average Bonchev–Trinajstić information content (AvgIpc) is 3.04. The van der Waals surface area contributed by atoms with E-state index in [4.69, 9.17) is 0 Å². The Kier molecular flexibility index (Phi) is 5.00. The van der Waals surface area contributed by atoms with Crippen molar-refractivity contribution in [2.24, 2.45) is 0 Å². The van der Waals surface area contributed by atoms with Crippen LogP contribution in [0.1, 0.15) is 17.4 Å². The fourth-order valence-corrected chi connectivity index (χ4v) is 2.78. The maximum atomic E-state index is 12.3. The van der Waals surface area contributed by atoms with Gasteiger partial charge in [-0.15, -0.1) is 11.3 Å². The molecule has 0 saturated carbocycles. The lowest BCUT2D eigenvalue weighted by Gasteiger charge is -2.06. The highest BCUT2D eigenvalue weighted by Crippen LogP contribution is 2.21. The predicted molar refractivity (Wildman–Crippen MR) is 98.3 cm³/mol. The van der Waals surface area contributed by atoms with Crippen molar-refractivity contribution in [3.8, 4) is 0 Å². The summed E-state index contributed by atoms with van der Waals surface area (Å²) < 4.78 is 0. The number of nitrogens with zero attached hydrogens (tertiary/aromatic N) is 2. The molecule has 8 heteroatoms. The first kappa shape index (κ1) is 16.6. The van der Waals surface area contributed by atoms with Crippen LogP contribution in [0.2, 0.25) is 0 Å². The molecule has 3 aromatic rings. The van der Waals surface area contributed by atoms with Crippen molar-refractivity contribution in [1.82, 2.24) is 9.97 Å². The third kappa shape index (κ3) is 4.61. The zero-order valence-corrected chi connectivity index (χ0v) is 14.1. The Labute approximate surface area is 148 Å². The topological polar surface area (TPSA) is 96.0 Å². The fraction of sp³-hybridized carbons (Fsp3) is 0.0588. The van der Waals surface area contributed by atoms with Crippen molar-refractivity contribution >= 4 is 45.3 Å². The number of thiazole rings is 1. The number of amides is 2. The number of anilines is 4. The molecule has 0 radical (unpaired) electrons. The Balaban J connectivity index is 1.67.